The second kappa shape index (κ2) is 7.66. The molecule has 0 bridgehead atoms. The van der Waals surface area contributed by atoms with E-state index in [9.17, 15) is 9.59 Å². The zero-order chi connectivity index (χ0) is 19.7. The van der Waals surface area contributed by atoms with Gasteiger partial charge in [-0.15, -0.1) is 0 Å². The number of hydrogen-bond acceptors (Lipinski definition) is 4. The van der Waals surface area contributed by atoms with E-state index in [0.717, 1.165) is 42.8 Å². The van der Waals surface area contributed by atoms with Crippen molar-refractivity contribution in [1.82, 2.24) is 19.6 Å². The molecule has 3 heterocycles. The zero-order valence-corrected chi connectivity index (χ0v) is 16.6. The van der Waals surface area contributed by atoms with Crippen LogP contribution in [0.25, 0.3) is 0 Å². The van der Waals surface area contributed by atoms with Crippen LogP contribution in [0.3, 0.4) is 0 Å². The normalized spacial score (nSPS) is 16.6. The summed E-state index contributed by atoms with van der Waals surface area (Å²) >= 11 is 0. The largest absolute Gasteiger partial charge is 0.378 e. The molecule has 1 saturated heterocycles. The van der Waals surface area contributed by atoms with Gasteiger partial charge in [0.05, 0.1) is 17.5 Å². The third kappa shape index (κ3) is 3.48. The van der Waals surface area contributed by atoms with Crippen LogP contribution in [0.15, 0.2) is 30.5 Å². The lowest BCUT2D eigenvalue weighted by atomic mass is 10.1. The van der Waals surface area contributed by atoms with Crippen molar-refractivity contribution in [2.75, 3.05) is 45.2 Å². The van der Waals surface area contributed by atoms with Gasteiger partial charge in [0.15, 0.2) is 0 Å². The number of aromatic nitrogens is 2. The molecule has 4 rings (SSSR count). The lowest BCUT2D eigenvalue weighted by Crippen LogP contribution is -2.50. The summed E-state index contributed by atoms with van der Waals surface area (Å²) in [5.74, 6) is 0.0727. The van der Waals surface area contributed by atoms with Gasteiger partial charge in [0, 0.05) is 58.1 Å². The minimum atomic E-state index is 0.0266. The van der Waals surface area contributed by atoms with E-state index < -0.39 is 0 Å². The van der Waals surface area contributed by atoms with Crippen LogP contribution < -0.4 is 4.90 Å². The van der Waals surface area contributed by atoms with E-state index in [2.05, 4.69) is 5.10 Å². The summed E-state index contributed by atoms with van der Waals surface area (Å²) in [4.78, 5) is 31.5. The van der Waals surface area contributed by atoms with Crippen molar-refractivity contribution < 1.29 is 9.59 Å². The number of carbonyl (C=O) groups excluding carboxylic acids is 2. The van der Waals surface area contributed by atoms with E-state index in [4.69, 9.17) is 0 Å². The molecule has 0 N–H and O–H groups in total. The highest BCUT2D eigenvalue weighted by Crippen LogP contribution is 2.21. The van der Waals surface area contributed by atoms with E-state index in [0.29, 0.717) is 31.7 Å². The highest BCUT2D eigenvalue weighted by atomic mass is 16.2. The van der Waals surface area contributed by atoms with Gasteiger partial charge in [-0.25, -0.2) is 0 Å². The van der Waals surface area contributed by atoms with E-state index in [1.165, 1.54) is 0 Å². The summed E-state index contributed by atoms with van der Waals surface area (Å²) in [6.07, 6.45) is 4.87. The first-order valence-corrected chi connectivity index (χ1v) is 9.95. The molecule has 28 heavy (non-hydrogen) atoms. The van der Waals surface area contributed by atoms with Crippen LogP contribution in [0.4, 0.5) is 5.69 Å². The highest BCUT2D eigenvalue weighted by molar-refractivity contribution is 5.97. The number of aryl methyl sites for hydroxylation is 1. The Hall–Kier alpha value is -2.83. The lowest BCUT2D eigenvalue weighted by molar-refractivity contribution is 0.0534. The molecule has 0 saturated carbocycles. The molecule has 148 valence electrons. The molecule has 1 aromatic carbocycles. The van der Waals surface area contributed by atoms with Crippen LogP contribution in [0.1, 0.15) is 39.3 Å². The monoisotopic (exact) mass is 381 g/mol. The fourth-order valence-electron chi connectivity index (χ4n) is 3.98. The minimum Gasteiger partial charge on any atom is -0.378 e. The Bertz CT molecular complexity index is 881. The molecule has 0 aliphatic carbocycles. The topological polar surface area (TPSA) is 61.7 Å². The van der Waals surface area contributed by atoms with Crippen molar-refractivity contribution in [3.8, 4) is 0 Å². The summed E-state index contributed by atoms with van der Waals surface area (Å²) in [6.45, 7) is 3.13. The highest BCUT2D eigenvalue weighted by Gasteiger charge is 2.28. The maximum atomic E-state index is 13.0. The summed E-state index contributed by atoms with van der Waals surface area (Å²) in [5, 5.41) is 4.38. The number of amides is 2. The number of rotatable bonds is 3. The maximum absolute atomic E-state index is 13.0. The standard InChI is InChI=1S/C21H27N5O2/c1-23(2)17-7-5-6-16(14-17)20(27)24-10-12-25(13-11-24)21(28)18-15-22-26-9-4-3-8-19(18)26/h5-7,14-15H,3-4,8-13H2,1-2H3. The molecule has 2 aromatic rings. The number of fused-ring (bicyclic) bond motifs is 1. The SMILES string of the molecule is CN(C)c1cccc(C(=O)N2CCN(C(=O)c3cnn4c3CCCC4)CC2)c1. The van der Waals surface area contributed by atoms with Crippen LogP contribution in [0.5, 0.6) is 0 Å². The molecule has 2 aliphatic heterocycles. The molecular weight excluding hydrogens is 354 g/mol. The van der Waals surface area contributed by atoms with Gasteiger partial charge in [-0.1, -0.05) is 6.07 Å². The molecule has 0 spiro atoms. The second-order valence-corrected chi connectivity index (χ2v) is 7.71. The van der Waals surface area contributed by atoms with Gasteiger partial charge in [-0.2, -0.15) is 5.10 Å². The van der Waals surface area contributed by atoms with E-state index in [1.54, 1.807) is 6.20 Å². The third-order valence-corrected chi connectivity index (χ3v) is 5.68. The van der Waals surface area contributed by atoms with E-state index in [1.807, 2.05) is 57.7 Å². The summed E-state index contributed by atoms with van der Waals surface area (Å²) < 4.78 is 1.97. The molecule has 2 aliphatic rings. The molecular formula is C21H27N5O2. The maximum Gasteiger partial charge on any atom is 0.257 e. The molecule has 0 unspecified atom stereocenters. The van der Waals surface area contributed by atoms with Gasteiger partial charge >= 0.3 is 0 Å². The number of nitrogens with zero attached hydrogens (tertiary/aromatic N) is 5. The fourth-order valence-corrected chi connectivity index (χ4v) is 3.98. The number of piperazine rings is 1. The molecule has 7 nitrogen and oxygen atoms in total. The predicted molar refractivity (Wildman–Crippen MR) is 108 cm³/mol. The van der Waals surface area contributed by atoms with Gasteiger partial charge < -0.3 is 14.7 Å². The predicted octanol–water partition coefficient (Wildman–Crippen LogP) is 1.88. The van der Waals surface area contributed by atoms with Crippen molar-refractivity contribution in [3.63, 3.8) is 0 Å². The molecule has 1 fully saturated rings. The fraction of sp³-hybridized carbons (Fsp3) is 0.476. The Morgan fingerprint density at radius 3 is 2.39 bits per heavy atom. The Kier molecular flexibility index (Phi) is 5.07. The average molecular weight is 381 g/mol. The zero-order valence-electron chi connectivity index (χ0n) is 16.6. The molecule has 7 heteroatoms. The smallest absolute Gasteiger partial charge is 0.257 e. The van der Waals surface area contributed by atoms with Crippen LogP contribution in [-0.2, 0) is 13.0 Å². The van der Waals surface area contributed by atoms with Crippen molar-refractivity contribution in [2.24, 2.45) is 0 Å². The minimum absolute atomic E-state index is 0.0266. The van der Waals surface area contributed by atoms with Crippen LogP contribution in [-0.4, -0.2) is 71.7 Å². The first-order valence-electron chi connectivity index (χ1n) is 9.95. The summed E-state index contributed by atoms with van der Waals surface area (Å²) in [5.41, 5.74) is 3.50. The van der Waals surface area contributed by atoms with Gasteiger partial charge in [0.25, 0.3) is 11.8 Å². The Balaban J connectivity index is 1.40. The van der Waals surface area contributed by atoms with E-state index >= 15 is 0 Å². The van der Waals surface area contributed by atoms with Crippen LogP contribution in [0, 0.1) is 0 Å². The third-order valence-electron chi connectivity index (χ3n) is 5.68. The molecule has 0 atom stereocenters. The average Bonchev–Trinajstić information content (AvgIpc) is 3.17. The Morgan fingerprint density at radius 2 is 1.68 bits per heavy atom. The van der Waals surface area contributed by atoms with E-state index in [-0.39, 0.29) is 11.8 Å². The first-order chi connectivity index (χ1) is 13.5. The van der Waals surface area contributed by atoms with Crippen LogP contribution in [0.2, 0.25) is 0 Å². The van der Waals surface area contributed by atoms with Crippen molar-refractivity contribution >= 4 is 17.5 Å². The van der Waals surface area contributed by atoms with Gasteiger partial charge in [0.1, 0.15) is 0 Å². The summed E-state index contributed by atoms with van der Waals surface area (Å²) in [7, 11) is 3.92. The summed E-state index contributed by atoms with van der Waals surface area (Å²) in [6, 6.07) is 7.66. The van der Waals surface area contributed by atoms with Crippen molar-refractivity contribution in [3.05, 3.63) is 47.3 Å². The van der Waals surface area contributed by atoms with Crippen molar-refractivity contribution in [1.29, 1.82) is 0 Å². The van der Waals surface area contributed by atoms with Crippen molar-refractivity contribution in [2.45, 2.75) is 25.8 Å². The Morgan fingerprint density at radius 1 is 0.964 bits per heavy atom. The van der Waals surface area contributed by atoms with Crippen LogP contribution >= 0.6 is 0 Å². The number of carbonyl (C=O) groups is 2. The lowest BCUT2D eigenvalue weighted by Gasteiger charge is -2.35. The first kappa shape index (κ1) is 18.5. The molecule has 0 radical (unpaired) electrons. The number of benzene rings is 1. The quantitative estimate of drug-likeness (QED) is 0.815. The second-order valence-electron chi connectivity index (χ2n) is 7.71. The Labute approximate surface area is 165 Å². The van der Waals surface area contributed by atoms with Gasteiger partial charge in [-0.05, 0) is 37.5 Å². The number of anilines is 1. The van der Waals surface area contributed by atoms with Gasteiger partial charge in [-0.3, -0.25) is 14.3 Å². The van der Waals surface area contributed by atoms with Gasteiger partial charge in [0.2, 0.25) is 0 Å². The molecule has 1 aromatic heterocycles. The molecule has 2 amide bonds. The number of hydrogen-bond donors (Lipinski definition) is 0.